The van der Waals surface area contributed by atoms with E-state index in [4.69, 9.17) is 0 Å². The zero-order valence-corrected chi connectivity index (χ0v) is 6.44. The molecule has 1 nitrogen and oxygen atoms in total. The highest BCUT2D eigenvalue weighted by Crippen LogP contribution is 2.29. The van der Waals surface area contributed by atoms with Crippen LogP contribution in [0.3, 0.4) is 0 Å². The summed E-state index contributed by atoms with van der Waals surface area (Å²) in [7, 11) is 0. The van der Waals surface area contributed by atoms with E-state index in [1.807, 2.05) is 0 Å². The molecule has 0 radical (unpaired) electrons. The van der Waals surface area contributed by atoms with E-state index >= 15 is 0 Å². The van der Waals surface area contributed by atoms with Crippen LogP contribution < -0.4 is 0 Å². The zero-order chi connectivity index (χ0) is 9.90. The standard InChI is InChI=1S/C8H6F4O/c9-8(10,11)7-3-1-2-6(4-7)5-13-12/h1-4H,5H2. The van der Waals surface area contributed by atoms with Crippen molar-refractivity contribution in [3.63, 3.8) is 0 Å². The van der Waals surface area contributed by atoms with Gasteiger partial charge in [0.25, 0.3) is 0 Å². The van der Waals surface area contributed by atoms with Gasteiger partial charge in [0.1, 0.15) is 6.61 Å². The second-order valence-electron chi connectivity index (χ2n) is 2.45. The normalized spacial score (nSPS) is 11.7. The van der Waals surface area contributed by atoms with Crippen LogP contribution in [0, 0.1) is 0 Å². The summed E-state index contributed by atoms with van der Waals surface area (Å²) in [6, 6.07) is 4.33. The van der Waals surface area contributed by atoms with Gasteiger partial charge in [-0.05, 0) is 22.2 Å². The second-order valence-corrected chi connectivity index (χ2v) is 2.45. The average Bonchev–Trinajstić information content (AvgIpc) is 2.04. The Labute approximate surface area is 71.8 Å². The number of rotatable bonds is 2. The van der Waals surface area contributed by atoms with Gasteiger partial charge in [-0.2, -0.15) is 18.1 Å². The molecule has 0 heterocycles. The predicted molar refractivity (Wildman–Crippen MR) is 37.3 cm³/mol. The molecule has 0 spiro atoms. The van der Waals surface area contributed by atoms with Gasteiger partial charge in [0.2, 0.25) is 0 Å². The highest BCUT2D eigenvalue weighted by molar-refractivity contribution is 5.25. The van der Waals surface area contributed by atoms with Crippen molar-refractivity contribution >= 4 is 0 Å². The van der Waals surface area contributed by atoms with Gasteiger partial charge in [0, 0.05) is 0 Å². The minimum atomic E-state index is -4.40. The largest absolute Gasteiger partial charge is 0.416 e. The van der Waals surface area contributed by atoms with E-state index in [0.29, 0.717) is 0 Å². The fraction of sp³-hybridized carbons (Fsp3) is 0.250. The highest BCUT2D eigenvalue weighted by atomic mass is 19.4. The molecule has 0 amide bonds. The Kier molecular flexibility index (Phi) is 2.87. The Morgan fingerprint density at radius 3 is 2.46 bits per heavy atom. The van der Waals surface area contributed by atoms with Gasteiger partial charge in [-0.25, -0.2) is 0 Å². The van der Waals surface area contributed by atoms with Crippen LogP contribution >= 0.6 is 0 Å². The van der Waals surface area contributed by atoms with E-state index in [2.05, 4.69) is 4.94 Å². The topological polar surface area (TPSA) is 9.23 Å². The number of hydrogen-bond acceptors (Lipinski definition) is 1. The quantitative estimate of drug-likeness (QED) is 0.657. The summed E-state index contributed by atoms with van der Waals surface area (Å²) in [4.78, 5) is 3.23. The molecular weight excluding hydrogens is 188 g/mol. The SMILES string of the molecule is FOCc1cccc(C(F)(F)F)c1. The van der Waals surface area contributed by atoms with Crippen LogP contribution in [-0.2, 0) is 17.7 Å². The molecule has 0 aliphatic carbocycles. The molecule has 1 rings (SSSR count). The summed E-state index contributed by atoms with van der Waals surface area (Å²) in [6.45, 7) is -0.468. The van der Waals surface area contributed by atoms with Gasteiger partial charge >= 0.3 is 6.18 Å². The smallest absolute Gasteiger partial charge is 0.189 e. The molecule has 1 aromatic rings. The Balaban J connectivity index is 2.92. The number of hydrogen-bond donors (Lipinski definition) is 0. The molecule has 0 unspecified atom stereocenters. The first-order valence-corrected chi connectivity index (χ1v) is 3.43. The second kappa shape index (κ2) is 3.74. The summed E-state index contributed by atoms with van der Waals surface area (Å²) in [5.74, 6) is 0. The van der Waals surface area contributed by atoms with Crippen molar-refractivity contribution < 1.29 is 22.6 Å². The van der Waals surface area contributed by atoms with E-state index < -0.39 is 18.3 Å². The van der Waals surface area contributed by atoms with E-state index in [1.165, 1.54) is 12.1 Å². The maximum Gasteiger partial charge on any atom is 0.416 e. The fourth-order valence-electron chi connectivity index (χ4n) is 0.900. The molecule has 0 saturated heterocycles. The van der Waals surface area contributed by atoms with Crippen molar-refractivity contribution in [2.24, 2.45) is 0 Å². The van der Waals surface area contributed by atoms with Gasteiger partial charge in [-0.15, -0.1) is 0 Å². The summed E-state index contributed by atoms with van der Waals surface area (Å²) >= 11 is 0. The molecule has 0 aromatic heterocycles. The van der Waals surface area contributed by atoms with Gasteiger partial charge in [-0.3, -0.25) is 0 Å². The fourth-order valence-corrected chi connectivity index (χ4v) is 0.900. The van der Waals surface area contributed by atoms with E-state index in [1.54, 1.807) is 0 Å². The van der Waals surface area contributed by atoms with Crippen LogP contribution in [0.15, 0.2) is 24.3 Å². The van der Waals surface area contributed by atoms with Crippen LogP contribution in [0.25, 0.3) is 0 Å². The Morgan fingerprint density at radius 1 is 1.23 bits per heavy atom. The van der Waals surface area contributed by atoms with Crippen molar-refractivity contribution in [3.8, 4) is 0 Å². The van der Waals surface area contributed by atoms with Gasteiger partial charge in [0.15, 0.2) is 0 Å². The minimum absolute atomic E-state index is 0.150. The molecule has 0 N–H and O–H groups in total. The monoisotopic (exact) mass is 194 g/mol. The van der Waals surface area contributed by atoms with Crippen molar-refractivity contribution in [1.29, 1.82) is 0 Å². The van der Waals surface area contributed by atoms with Gasteiger partial charge < -0.3 is 0 Å². The lowest BCUT2D eigenvalue weighted by Crippen LogP contribution is -2.05. The van der Waals surface area contributed by atoms with E-state index in [9.17, 15) is 17.7 Å². The number of alkyl halides is 3. The Morgan fingerprint density at radius 2 is 1.92 bits per heavy atom. The molecule has 0 bridgehead atoms. The van der Waals surface area contributed by atoms with Crippen LogP contribution in [0.4, 0.5) is 17.7 Å². The predicted octanol–water partition coefficient (Wildman–Crippen LogP) is 3.11. The molecule has 0 saturated carbocycles. The number of halogens is 4. The van der Waals surface area contributed by atoms with Gasteiger partial charge in [-0.1, -0.05) is 12.1 Å². The molecule has 72 valence electrons. The molecule has 5 heteroatoms. The van der Waals surface area contributed by atoms with Gasteiger partial charge in [0.05, 0.1) is 5.56 Å². The van der Waals surface area contributed by atoms with E-state index in [-0.39, 0.29) is 5.56 Å². The third-order valence-electron chi connectivity index (χ3n) is 1.48. The minimum Gasteiger partial charge on any atom is -0.189 e. The Bertz CT molecular complexity index is 282. The lowest BCUT2D eigenvalue weighted by molar-refractivity contribution is -0.145. The molecule has 0 aliphatic heterocycles. The van der Waals surface area contributed by atoms with Crippen molar-refractivity contribution in [2.45, 2.75) is 12.8 Å². The van der Waals surface area contributed by atoms with Crippen LogP contribution in [0.5, 0.6) is 0 Å². The van der Waals surface area contributed by atoms with Crippen molar-refractivity contribution in [1.82, 2.24) is 0 Å². The number of benzene rings is 1. The van der Waals surface area contributed by atoms with Crippen LogP contribution in [0.1, 0.15) is 11.1 Å². The van der Waals surface area contributed by atoms with Crippen molar-refractivity contribution in [2.75, 3.05) is 0 Å². The zero-order valence-electron chi connectivity index (χ0n) is 6.44. The molecule has 0 fully saturated rings. The Hall–Kier alpha value is -1.10. The summed E-state index contributed by atoms with van der Waals surface area (Å²) in [6.07, 6.45) is -4.40. The molecule has 13 heavy (non-hydrogen) atoms. The average molecular weight is 194 g/mol. The summed E-state index contributed by atoms with van der Waals surface area (Å²) in [5.41, 5.74) is -0.653. The summed E-state index contributed by atoms with van der Waals surface area (Å²) in [5, 5.41) is 0. The lowest BCUT2D eigenvalue weighted by Gasteiger charge is -2.07. The van der Waals surface area contributed by atoms with Crippen molar-refractivity contribution in [3.05, 3.63) is 35.4 Å². The maximum absolute atomic E-state index is 12.1. The highest BCUT2D eigenvalue weighted by Gasteiger charge is 2.30. The molecule has 0 atom stereocenters. The molecule has 0 aliphatic rings. The summed E-state index contributed by atoms with van der Waals surface area (Å²) < 4.78 is 47.5. The maximum atomic E-state index is 12.1. The first-order valence-electron chi connectivity index (χ1n) is 3.43. The van der Waals surface area contributed by atoms with Crippen LogP contribution in [0.2, 0.25) is 0 Å². The molecular formula is C8H6F4O. The third-order valence-corrected chi connectivity index (χ3v) is 1.48. The first-order chi connectivity index (χ1) is 6.04. The molecule has 1 aromatic carbocycles. The lowest BCUT2D eigenvalue weighted by atomic mass is 10.1. The van der Waals surface area contributed by atoms with E-state index in [0.717, 1.165) is 12.1 Å². The first kappa shape index (κ1) is 9.98. The third kappa shape index (κ3) is 2.69. The van der Waals surface area contributed by atoms with Crippen LogP contribution in [-0.4, -0.2) is 0 Å².